The fraction of sp³-hybridized carbons (Fsp3) is 0.375. The molecule has 9 nitrogen and oxygen atoms in total. The smallest absolute Gasteiger partial charge is 0.407 e. The van der Waals surface area contributed by atoms with Gasteiger partial charge in [0.05, 0.1) is 23.4 Å². The molecule has 1 aromatic carbocycles. The van der Waals surface area contributed by atoms with Gasteiger partial charge < -0.3 is 24.6 Å². The molecule has 0 atom stereocenters. The summed E-state index contributed by atoms with van der Waals surface area (Å²) in [6, 6.07) is 10.4. The maximum Gasteiger partial charge on any atom is 0.407 e. The zero-order valence-electron chi connectivity index (χ0n) is 18.7. The van der Waals surface area contributed by atoms with Gasteiger partial charge in [0.25, 0.3) is 0 Å². The third-order valence-electron chi connectivity index (χ3n) is 6.57. The van der Waals surface area contributed by atoms with Gasteiger partial charge in [-0.3, -0.25) is 4.90 Å². The highest BCUT2D eigenvalue weighted by Gasteiger charge is 2.23. The van der Waals surface area contributed by atoms with E-state index in [1.807, 2.05) is 12.3 Å². The van der Waals surface area contributed by atoms with E-state index >= 15 is 0 Å². The van der Waals surface area contributed by atoms with Crippen LogP contribution < -0.4 is 4.90 Å². The molecule has 2 aliphatic heterocycles. The molecule has 0 spiro atoms. The number of rotatable bonds is 4. The molecule has 5 heterocycles. The molecule has 0 saturated carbocycles. The van der Waals surface area contributed by atoms with E-state index < -0.39 is 6.09 Å². The topological polar surface area (TPSA) is 97.8 Å². The number of nitrogens with one attached hydrogen (secondary N) is 1. The van der Waals surface area contributed by atoms with Gasteiger partial charge in [-0.25, -0.2) is 14.8 Å². The van der Waals surface area contributed by atoms with E-state index in [1.165, 1.54) is 9.78 Å². The molecule has 2 aliphatic rings. The quantitative estimate of drug-likeness (QED) is 0.463. The van der Waals surface area contributed by atoms with Gasteiger partial charge in [0.1, 0.15) is 0 Å². The van der Waals surface area contributed by atoms with Gasteiger partial charge >= 0.3 is 6.09 Å². The average Bonchev–Trinajstić information content (AvgIpc) is 3.50. The van der Waals surface area contributed by atoms with Gasteiger partial charge in [0.2, 0.25) is 0 Å². The Morgan fingerprint density at radius 3 is 2.71 bits per heavy atom. The van der Waals surface area contributed by atoms with Gasteiger partial charge in [-0.05, 0) is 18.2 Å². The van der Waals surface area contributed by atoms with Crippen molar-refractivity contribution in [3.05, 3.63) is 41.4 Å². The number of nitrogens with zero attached hydrogens (tertiary/aromatic N) is 5. The molecule has 2 fully saturated rings. The molecular weight excluding hydrogens is 452 g/mol. The summed E-state index contributed by atoms with van der Waals surface area (Å²) in [5, 5.41) is 10.3. The molecule has 6 rings (SSSR count). The molecule has 176 valence electrons. The number of carboxylic acid groups (broad SMARTS) is 1. The summed E-state index contributed by atoms with van der Waals surface area (Å²) in [6.07, 6.45) is 1.11. The van der Waals surface area contributed by atoms with Crippen LogP contribution in [0.25, 0.3) is 32.5 Å². The summed E-state index contributed by atoms with van der Waals surface area (Å²) in [7, 11) is 0. The molecule has 3 aromatic heterocycles. The molecule has 0 bridgehead atoms. The zero-order chi connectivity index (χ0) is 23.1. The van der Waals surface area contributed by atoms with Crippen LogP contribution in [0, 0.1) is 0 Å². The van der Waals surface area contributed by atoms with Crippen LogP contribution in [0.4, 0.5) is 10.6 Å². The van der Waals surface area contributed by atoms with Crippen LogP contribution in [0.3, 0.4) is 0 Å². The number of aromatic nitrogens is 3. The molecule has 1 amide bonds. The van der Waals surface area contributed by atoms with E-state index in [0.29, 0.717) is 26.3 Å². The lowest BCUT2D eigenvalue weighted by molar-refractivity contribution is 0.103. The fourth-order valence-electron chi connectivity index (χ4n) is 4.75. The van der Waals surface area contributed by atoms with Gasteiger partial charge in [-0.1, -0.05) is 12.1 Å². The van der Waals surface area contributed by atoms with Crippen molar-refractivity contribution in [3.8, 4) is 11.4 Å². The normalized spacial score (nSPS) is 17.6. The minimum atomic E-state index is -0.836. The second-order valence-corrected chi connectivity index (χ2v) is 9.82. The molecule has 10 heteroatoms. The van der Waals surface area contributed by atoms with Gasteiger partial charge in [0, 0.05) is 73.4 Å². The van der Waals surface area contributed by atoms with Crippen molar-refractivity contribution in [1.29, 1.82) is 0 Å². The Kier molecular flexibility index (Phi) is 5.56. The van der Waals surface area contributed by atoms with Crippen molar-refractivity contribution < 1.29 is 14.6 Å². The number of hydrogen-bond donors (Lipinski definition) is 2. The Morgan fingerprint density at radius 2 is 1.91 bits per heavy atom. The van der Waals surface area contributed by atoms with Crippen LogP contribution in [0.2, 0.25) is 0 Å². The molecule has 0 aliphatic carbocycles. The molecular formula is C24H26N6O3S. The number of anilines is 1. The number of carbonyl (C=O) groups is 1. The number of piperazine rings is 1. The lowest BCUT2D eigenvalue weighted by atomic mass is 10.1. The third kappa shape index (κ3) is 3.97. The average molecular weight is 479 g/mol. The van der Waals surface area contributed by atoms with Crippen LogP contribution >= 0.6 is 11.3 Å². The summed E-state index contributed by atoms with van der Waals surface area (Å²) >= 11 is 1.74. The van der Waals surface area contributed by atoms with Crippen LogP contribution in [-0.2, 0) is 11.3 Å². The minimum Gasteiger partial charge on any atom is -0.465 e. The Hall–Kier alpha value is -3.21. The van der Waals surface area contributed by atoms with Crippen LogP contribution in [0.15, 0.2) is 36.5 Å². The third-order valence-corrected chi connectivity index (χ3v) is 7.68. The second-order valence-electron chi connectivity index (χ2n) is 8.69. The van der Waals surface area contributed by atoms with Crippen molar-refractivity contribution in [3.63, 3.8) is 0 Å². The van der Waals surface area contributed by atoms with E-state index in [0.717, 1.165) is 71.0 Å². The highest BCUT2D eigenvalue weighted by Crippen LogP contribution is 2.36. The summed E-state index contributed by atoms with van der Waals surface area (Å²) in [4.78, 5) is 31.9. The first-order valence-corrected chi connectivity index (χ1v) is 12.4. The number of amides is 1. The Balaban J connectivity index is 1.37. The van der Waals surface area contributed by atoms with Crippen molar-refractivity contribution in [1.82, 2.24) is 24.8 Å². The van der Waals surface area contributed by atoms with Gasteiger partial charge in [0.15, 0.2) is 11.6 Å². The lowest BCUT2D eigenvalue weighted by Gasteiger charge is -2.32. The van der Waals surface area contributed by atoms with E-state index in [1.54, 1.807) is 11.3 Å². The van der Waals surface area contributed by atoms with Crippen molar-refractivity contribution in [2.24, 2.45) is 0 Å². The predicted molar refractivity (Wildman–Crippen MR) is 133 cm³/mol. The van der Waals surface area contributed by atoms with E-state index in [2.05, 4.69) is 39.0 Å². The van der Waals surface area contributed by atoms with Crippen LogP contribution in [0.5, 0.6) is 0 Å². The number of hydrogen-bond acceptors (Lipinski definition) is 7. The van der Waals surface area contributed by atoms with Gasteiger partial charge in [-0.15, -0.1) is 11.3 Å². The summed E-state index contributed by atoms with van der Waals surface area (Å²) in [6.45, 7) is 6.37. The highest BCUT2D eigenvalue weighted by molar-refractivity contribution is 7.19. The van der Waals surface area contributed by atoms with E-state index in [4.69, 9.17) is 14.7 Å². The highest BCUT2D eigenvalue weighted by atomic mass is 32.1. The summed E-state index contributed by atoms with van der Waals surface area (Å²) < 4.78 is 6.69. The number of ether oxygens (including phenoxy) is 1. The van der Waals surface area contributed by atoms with Gasteiger partial charge in [-0.2, -0.15) is 0 Å². The zero-order valence-corrected chi connectivity index (χ0v) is 19.6. The molecule has 2 saturated heterocycles. The van der Waals surface area contributed by atoms with Crippen molar-refractivity contribution in [2.45, 2.75) is 6.54 Å². The van der Waals surface area contributed by atoms with E-state index in [9.17, 15) is 9.90 Å². The molecule has 0 unspecified atom stereocenters. The Morgan fingerprint density at radius 1 is 1.09 bits per heavy atom. The minimum absolute atomic E-state index is 0.546. The number of fused-ring (bicyclic) bond motifs is 2. The fourth-order valence-corrected chi connectivity index (χ4v) is 5.91. The number of thiophene rings is 1. The molecule has 2 N–H and O–H groups in total. The first-order chi connectivity index (χ1) is 16.7. The maximum absolute atomic E-state index is 11.2. The molecule has 34 heavy (non-hydrogen) atoms. The molecule has 4 aromatic rings. The van der Waals surface area contributed by atoms with Crippen molar-refractivity contribution >= 4 is 44.4 Å². The Labute approximate surface area is 200 Å². The Bertz CT molecular complexity index is 1340. The monoisotopic (exact) mass is 478 g/mol. The number of aromatic amines is 1. The SMILES string of the molecule is O=C(O)N1CCN(Cc2cc3nc(-c4cccc5[nH]ccc45)nc(N4CCOCC4)c3s2)CC1. The van der Waals surface area contributed by atoms with Crippen LogP contribution in [0.1, 0.15) is 4.88 Å². The molecule has 0 radical (unpaired) electrons. The lowest BCUT2D eigenvalue weighted by Crippen LogP contribution is -2.47. The maximum atomic E-state index is 11.2. The second kappa shape index (κ2) is 8.86. The van der Waals surface area contributed by atoms with Crippen LogP contribution in [-0.4, -0.2) is 88.4 Å². The summed E-state index contributed by atoms with van der Waals surface area (Å²) in [5.41, 5.74) is 3.05. The first-order valence-electron chi connectivity index (χ1n) is 11.6. The standard InChI is InChI=1S/C24H26N6O3S/c31-24(32)30-8-6-28(7-9-30)15-16-14-20-21(34-16)23(29-10-12-33-13-11-29)27-22(26-20)18-2-1-3-19-17(18)4-5-25-19/h1-5,14,25H,6-13,15H2,(H,31,32). The number of H-pyrrole nitrogens is 1. The predicted octanol–water partition coefficient (Wildman–Crippen LogP) is 3.47. The largest absolute Gasteiger partial charge is 0.465 e. The summed E-state index contributed by atoms with van der Waals surface area (Å²) in [5.74, 6) is 1.71. The number of benzene rings is 1. The first kappa shape index (κ1) is 21.3. The number of morpholine rings is 1. The van der Waals surface area contributed by atoms with E-state index in [-0.39, 0.29) is 0 Å². The van der Waals surface area contributed by atoms with Crippen molar-refractivity contribution in [2.75, 3.05) is 57.4 Å².